The highest BCUT2D eigenvalue weighted by Crippen LogP contribution is 2.30. The van der Waals surface area contributed by atoms with Gasteiger partial charge in [-0.2, -0.15) is 0 Å². The number of unbranched alkanes of at least 4 members (excludes halogenated alkanes) is 1. The van der Waals surface area contributed by atoms with Crippen LogP contribution in [0.1, 0.15) is 31.2 Å². The Bertz CT molecular complexity index is 1170. The summed E-state index contributed by atoms with van der Waals surface area (Å²) in [6, 6.07) is 15.4. The number of imidazole rings is 1. The minimum atomic E-state index is 0.294. The van der Waals surface area contributed by atoms with Crippen molar-refractivity contribution in [1.82, 2.24) is 14.5 Å². The van der Waals surface area contributed by atoms with Crippen molar-refractivity contribution < 1.29 is 5.11 Å². The molecule has 0 aliphatic rings. The second-order valence-corrected chi connectivity index (χ2v) is 7.03. The molecule has 30 heavy (non-hydrogen) atoms. The molecule has 154 valence electrons. The van der Waals surface area contributed by atoms with E-state index in [0.717, 1.165) is 52.6 Å². The number of pyridine rings is 1. The molecule has 2 heterocycles. The van der Waals surface area contributed by atoms with Crippen molar-refractivity contribution in [3.63, 3.8) is 0 Å². The summed E-state index contributed by atoms with van der Waals surface area (Å²) in [4.78, 5) is 9.34. The topological polar surface area (TPSA) is 77.0 Å². The number of nitrogens with zero attached hydrogens (tertiary/aromatic N) is 3. The molecule has 2 aromatic carbocycles. The number of anilines is 1. The quantitative estimate of drug-likeness (QED) is 0.412. The van der Waals surface area contributed by atoms with Gasteiger partial charge in [0.15, 0.2) is 5.82 Å². The molecule has 0 saturated heterocycles. The SMILES string of the molecule is C=CC=C.CCCCc1nc2c(N)nc3ccccc3c2n1Cc1ccccc1O. The number of benzene rings is 2. The largest absolute Gasteiger partial charge is 0.508 e. The van der Waals surface area contributed by atoms with E-state index >= 15 is 0 Å². The first-order valence-electron chi connectivity index (χ1n) is 10.1. The van der Waals surface area contributed by atoms with Gasteiger partial charge in [0, 0.05) is 17.4 Å². The van der Waals surface area contributed by atoms with Crippen LogP contribution >= 0.6 is 0 Å². The second-order valence-electron chi connectivity index (χ2n) is 7.03. The Labute approximate surface area is 177 Å². The van der Waals surface area contributed by atoms with Crippen LogP contribution in [0.3, 0.4) is 0 Å². The molecule has 0 bridgehead atoms. The van der Waals surface area contributed by atoms with Crippen molar-refractivity contribution in [3.8, 4) is 5.75 Å². The number of allylic oxidation sites excluding steroid dienone is 2. The minimum Gasteiger partial charge on any atom is -0.508 e. The zero-order valence-corrected chi connectivity index (χ0v) is 17.4. The van der Waals surface area contributed by atoms with E-state index in [1.165, 1.54) is 0 Å². The molecule has 5 heteroatoms. The number of hydrogen-bond donors (Lipinski definition) is 2. The van der Waals surface area contributed by atoms with Crippen molar-refractivity contribution in [2.75, 3.05) is 5.73 Å². The Kier molecular flexibility index (Phi) is 6.86. The van der Waals surface area contributed by atoms with Crippen molar-refractivity contribution in [2.24, 2.45) is 0 Å². The number of fused-ring (bicyclic) bond motifs is 3. The Morgan fingerprint density at radius 1 is 1.03 bits per heavy atom. The van der Waals surface area contributed by atoms with Crippen molar-refractivity contribution in [2.45, 2.75) is 32.7 Å². The van der Waals surface area contributed by atoms with Crippen LogP contribution in [0.15, 0.2) is 73.8 Å². The molecule has 0 aliphatic heterocycles. The molecule has 0 saturated carbocycles. The second kappa shape index (κ2) is 9.74. The molecule has 2 aromatic heterocycles. The third kappa shape index (κ3) is 4.35. The van der Waals surface area contributed by atoms with Gasteiger partial charge < -0.3 is 15.4 Å². The fourth-order valence-corrected chi connectivity index (χ4v) is 3.42. The number of hydrogen-bond acceptors (Lipinski definition) is 4. The Hall–Kier alpha value is -3.60. The predicted molar refractivity (Wildman–Crippen MR) is 126 cm³/mol. The van der Waals surface area contributed by atoms with Gasteiger partial charge in [-0.15, -0.1) is 0 Å². The number of rotatable bonds is 6. The molecule has 0 atom stereocenters. The maximum absolute atomic E-state index is 10.2. The van der Waals surface area contributed by atoms with Gasteiger partial charge in [-0.05, 0) is 18.6 Å². The average Bonchev–Trinajstić information content (AvgIpc) is 3.13. The number of nitrogen functional groups attached to an aromatic ring is 1. The van der Waals surface area contributed by atoms with Gasteiger partial charge in [-0.3, -0.25) is 0 Å². The van der Waals surface area contributed by atoms with Gasteiger partial charge in [-0.25, -0.2) is 9.97 Å². The number of aryl methyl sites for hydroxylation is 1. The standard InChI is InChI=1S/C21H22N4O.C4H6/c1-2-3-12-18-24-19-20(15-9-5-6-10-16(15)23-21(19)22)25(18)13-14-8-4-7-11-17(14)26;1-3-4-2/h4-11,26H,2-3,12-13H2,1H3,(H2,22,23);3-4H,1-2H2. The van der Waals surface area contributed by atoms with Crippen molar-refractivity contribution in [1.29, 1.82) is 0 Å². The highest BCUT2D eigenvalue weighted by Gasteiger charge is 2.18. The first-order valence-corrected chi connectivity index (χ1v) is 10.1. The molecule has 0 fully saturated rings. The van der Waals surface area contributed by atoms with Crippen LogP contribution in [0.2, 0.25) is 0 Å². The Morgan fingerprint density at radius 3 is 2.43 bits per heavy atom. The lowest BCUT2D eigenvalue weighted by Crippen LogP contribution is -2.06. The summed E-state index contributed by atoms with van der Waals surface area (Å²) in [5, 5.41) is 11.3. The van der Waals surface area contributed by atoms with Crippen LogP contribution < -0.4 is 5.73 Å². The summed E-state index contributed by atoms with van der Waals surface area (Å²) in [6.07, 6.45) is 6.29. The number of phenols is 1. The third-order valence-electron chi connectivity index (χ3n) is 4.93. The van der Waals surface area contributed by atoms with Crippen molar-refractivity contribution >= 4 is 27.8 Å². The Morgan fingerprint density at radius 2 is 1.73 bits per heavy atom. The molecule has 5 nitrogen and oxygen atoms in total. The lowest BCUT2D eigenvalue weighted by Gasteiger charge is -2.12. The molecule has 0 radical (unpaired) electrons. The molecule has 0 unspecified atom stereocenters. The monoisotopic (exact) mass is 400 g/mol. The smallest absolute Gasteiger partial charge is 0.152 e. The summed E-state index contributed by atoms with van der Waals surface area (Å²) in [5.74, 6) is 1.73. The maximum Gasteiger partial charge on any atom is 0.152 e. The molecule has 4 aromatic rings. The maximum atomic E-state index is 10.2. The van der Waals surface area contributed by atoms with E-state index in [1.54, 1.807) is 18.2 Å². The van der Waals surface area contributed by atoms with Crippen LogP contribution in [-0.2, 0) is 13.0 Å². The van der Waals surface area contributed by atoms with E-state index in [4.69, 9.17) is 10.7 Å². The molecular formula is C25H28N4O. The van der Waals surface area contributed by atoms with E-state index in [2.05, 4.69) is 35.7 Å². The van der Waals surface area contributed by atoms with E-state index in [0.29, 0.717) is 18.1 Å². The summed E-state index contributed by atoms with van der Waals surface area (Å²) < 4.78 is 2.18. The number of aromatic hydroxyl groups is 1. The van der Waals surface area contributed by atoms with Crippen LogP contribution in [-0.4, -0.2) is 19.6 Å². The summed E-state index contributed by atoms with van der Waals surface area (Å²) >= 11 is 0. The summed E-state index contributed by atoms with van der Waals surface area (Å²) in [5.41, 5.74) is 9.67. The number of aromatic nitrogens is 3. The first kappa shape index (κ1) is 21.1. The summed E-state index contributed by atoms with van der Waals surface area (Å²) in [7, 11) is 0. The predicted octanol–water partition coefficient (Wildman–Crippen LogP) is 5.62. The average molecular weight is 401 g/mol. The summed E-state index contributed by atoms with van der Waals surface area (Å²) in [6.45, 7) is 9.44. The fourth-order valence-electron chi connectivity index (χ4n) is 3.42. The lowest BCUT2D eigenvalue weighted by atomic mass is 10.1. The first-order chi connectivity index (χ1) is 14.6. The molecular weight excluding hydrogens is 372 g/mol. The Balaban J connectivity index is 0.000000589. The van der Waals surface area contributed by atoms with Gasteiger partial charge in [0.25, 0.3) is 0 Å². The number of nitrogens with two attached hydrogens (primary N) is 1. The minimum absolute atomic E-state index is 0.294. The van der Waals surface area contributed by atoms with Crippen LogP contribution in [0.4, 0.5) is 5.82 Å². The molecule has 0 spiro atoms. The molecule has 3 N–H and O–H groups in total. The fraction of sp³-hybridized carbons (Fsp3) is 0.200. The zero-order valence-electron chi connectivity index (χ0n) is 17.4. The van der Waals surface area contributed by atoms with Crippen LogP contribution in [0, 0.1) is 0 Å². The molecule has 0 aliphatic carbocycles. The number of phenolic OH excluding ortho intramolecular Hbond substituents is 1. The third-order valence-corrected chi connectivity index (χ3v) is 4.93. The number of para-hydroxylation sites is 2. The van der Waals surface area contributed by atoms with Crippen LogP contribution in [0.5, 0.6) is 5.75 Å². The van der Waals surface area contributed by atoms with E-state index < -0.39 is 0 Å². The van der Waals surface area contributed by atoms with Gasteiger partial charge in [-0.1, -0.05) is 75.1 Å². The normalized spacial score (nSPS) is 10.6. The van der Waals surface area contributed by atoms with E-state index in [9.17, 15) is 5.11 Å². The highest BCUT2D eigenvalue weighted by molar-refractivity contribution is 6.06. The van der Waals surface area contributed by atoms with E-state index in [-0.39, 0.29) is 0 Å². The van der Waals surface area contributed by atoms with Crippen LogP contribution in [0.25, 0.3) is 21.9 Å². The van der Waals surface area contributed by atoms with Gasteiger partial charge in [0.1, 0.15) is 17.1 Å². The van der Waals surface area contributed by atoms with Crippen molar-refractivity contribution in [3.05, 3.63) is 85.2 Å². The zero-order chi connectivity index (χ0) is 21.5. The van der Waals surface area contributed by atoms with Gasteiger partial charge in [0.05, 0.1) is 17.6 Å². The van der Waals surface area contributed by atoms with E-state index in [1.807, 2.05) is 36.4 Å². The lowest BCUT2D eigenvalue weighted by molar-refractivity contribution is 0.465. The molecule has 4 rings (SSSR count). The molecule has 0 amide bonds. The van der Waals surface area contributed by atoms with Gasteiger partial charge in [0.2, 0.25) is 0 Å². The van der Waals surface area contributed by atoms with Gasteiger partial charge >= 0.3 is 0 Å². The highest BCUT2D eigenvalue weighted by atomic mass is 16.3.